The van der Waals surface area contributed by atoms with E-state index < -0.39 is 11.7 Å². The average Bonchev–Trinajstić information content (AvgIpc) is 2.56. The van der Waals surface area contributed by atoms with Crippen LogP contribution in [0.5, 0.6) is 11.5 Å². The topological polar surface area (TPSA) is 55.7 Å². The number of pyridine rings is 1. The standard InChI is InChI=1S/C16H15ClF3N3O2/c1-3-25-13-5-4-10(6-14(13)24-2)8-22-23-15-12(17)7-11(9-21-15)16(18,19)20/h4-9H,3H2,1-2H3,(H,21,23)/b22-8-. The molecule has 0 saturated carbocycles. The second-order valence-electron chi connectivity index (χ2n) is 4.77. The molecule has 1 aromatic heterocycles. The van der Waals surface area contributed by atoms with Gasteiger partial charge < -0.3 is 9.47 Å². The SMILES string of the molecule is CCOc1ccc(/C=N\Nc2ncc(C(F)(F)F)cc2Cl)cc1OC. The Morgan fingerprint density at radius 2 is 2.04 bits per heavy atom. The van der Waals surface area contributed by atoms with Gasteiger partial charge >= 0.3 is 6.18 Å². The monoisotopic (exact) mass is 373 g/mol. The number of hydrogen-bond acceptors (Lipinski definition) is 5. The van der Waals surface area contributed by atoms with Crippen molar-refractivity contribution in [2.45, 2.75) is 13.1 Å². The normalized spacial score (nSPS) is 11.6. The fourth-order valence-electron chi connectivity index (χ4n) is 1.88. The van der Waals surface area contributed by atoms with E-state index in [2.05, 4.69) is 15.5 Å². The number of benzene rings is 1. The van der Waals surface area contributed by atoms with Crippen molar-refractivity contribution >= 4 is 23.6 Å². The summed E-state index contributed by atoms with van der Waals surface area (Å²) in [4.78, 5) is 3.63. The van der Waals surface area contributed by atoms with Gasteiger partial charge in [-0.25, -0.2) is 4.98 Å². The van der Waals surface area contributed by atoms with Crippen molar-refractivity contribution in [3.8, 4) is 11.5 Å². The van der Waals surface area contributed by atoms with E-state index in [1.54, 1.807) is 18.2 Å². The summed E-state index contributed by atoms with van der Waals surface area (Å²) in [6.07, 6.45) is -2.37. The molecule has 9 heteroatoms. The Bertz CT molecular complexity index is 767. The molecule has 0 unspecified atom stereocenters. The van der Waals surface area contributed by atoms with E-state index in [-0.39, 0.29) is 10.8 Å². The van der Waals surface area contributed by atoms with Gasteiger partial charge in [0.05, 0.1) is 30.5 Å². The van der Waals surface area contributed by atoms with Crippen LogP contribution in [0.2, 0.25) is 5.02 Å². The first-order chi connectivity index (χ1) is 11.8. The van der Waals surface area contributed by atoms with Crippen LogP contribution in [0.1, 0.15) is 18.1 Å². The summed E-state index contributed by atoms with van der Waals surface area (Å²) in [5.74, 6) is 1.16. The molecule has 2 rings (SSSR count). The maximum Gasteiger partial charge on any atom is 0.417 e. The molecule has 0 amide bonds. The van der Waals surface area contributed by atoms with Crippen LogP contribution >= 0.6 is 11.6 Å². The zero-order valence-corrected chi connectivity index (χ0v) is 14.1. The smallest absolute Gasteiger partial charge is 0.417 e. The van der Waals surface area contributed by atoms with Gasteiger partial charge in [0.1, 0.15) is 0 Å². The summed E-state index contributed by atoms with van der Waals surface area (Å²) >= 11 is 5.78. The minimum Gasteiger partial charge on any atom is -0.493 e. The summed E-state index contributed by atoms with van der Waals surface area (Å²) < 4.78 is 48.3. The second kappa shape index (κ2) is 8.06. The number of nitrogens with one attached hydrogen (secondary N) is 1. The largest absolute Gasteiger partial charge is 0.493 e. The van der Waals surface area contributed by atoms with Crippen molar-refractivity contribution in [3.63, 3.8) is 0 Å². The van der Waals surface area contributed by atoms with Crippen LogP contribution in [0.15, 0.2) is 35.6 Å². The Kier molecular flexibility index (Phi) is 6.08. The molecular weight excluding hydrogens is 359 g/mol. The molecule has 1 heterocycles. The molecule has 0 aliphatic heterocycles. The molecular formula is C16H15ClF3N3O2. The molecule has 1 aromatic carbocycles. The number of alkyl halides is 3. The van der Waals surface area contributed by atoms with Gasteiger partial charge in [0.15, 0.2) is 17.3 Å². The number of hydrazone groups is 1. The maximum atomic E-state index is 12.6. The van der Waals surface area contributed by atoms with Gasteiger partial charge in [-0.05, 0) is 36.8 Å². The lowest BCUT2D eigenvalue weighted by Crippen LogP contribution is -2.06. The molecule has 134 valence electrons. The molecule has 5 nitrogen and oxygen atoms in total. The highest BCUT2D eigenvalue weighted by Gasteiger charge is 2.31. The number of hydrogen-bond donors (Lipinski definition) is 1. The molecule has 2 aromatic rings. The molecule has 0 radical (unpaired) electrons. The molecule has 0 aliphatic carbocycles. The summed E-state index contributed by atoms with van der Waals surface area (Å²) in [5.41, 5.74) is 2.27. The van der Waals surface area contributed by atoms with E-state index in [4.69, 9.17) is 21.1 Å². The first-order valence-electron chi connectivity index (χ1n) is 7.17. The van der Waals surface area contributed by atoms with E-state index in [0.29, 0.717) is 29.9 Å². The third kappa shape index (κ3) is 4.99. The molecule has 25 heavy (non-hydrogen) atoms. The lowest BCUT2D eigenvalue weighted by Gasteiger charge is -2.09. The second-order valence-corrected chi connectivity index (χ2v) is 5.17. The predicted octanol–water partition coefficient (Wildman–Crippen LogP) is 4.61. The number of rotatable bonds is 6. The predicted molar refractivity (Wildman–Crippen MR) is 89.6 cm³/mol. The van der Waals surface area contributed by atoms with Crippen LogP contribution < -0.4 is 14.9 Å². The van der Waals surface area contributed by atoms with Crippen molar-refractivity contribution in [1.82, 2.24) is 4.98 Å². The summed E-state index contributed by atoms with van der Waals surface area (Å²) in [6.45, 7) is 2.36. The van der Waals surface area contributed by atoms with Crippen molar-refractivity contribution < 1.29 is 22.6 Å². The molecule has 0 spiro atoms. The van der Waals surface area contributed by atoms with E-state index in [9.17, 15) is 13.2 Å². The fourth-order valence-corrected chi connectivity index (χ4v) is 2.09. The lowest BCUT2D eigenvalue weighted by molar-refractivity contribution is -0.137. The van der Waals surface area contributed by atoms with Gasteiger partial charge in [0.2, 0.25) is 0 Å². The van der Waals surface area contributed by atoms with Crippen molar-refractivity contribution in [1.29, 1.82) is 0 Å². The van der Waals surface area contributed by atoms with Crippen LogP contribution in [0, 0.1) is 0 Å². The third-order valence-corrected chi connectivity index (χ3v) is 3.33. The van der Waals surface area contributed by atoms with Gasteiger partial charge in [-0.1, -0.05) is 11.6 Å². The molecule has 0 saturated heterocycles. The first kappa shape index (κ1) is 18.9. The Hall–Kier alpha value is -2.48. The first-order valence-corrected chi connectivity index (χ1v) is 7.55. The van der Waals surface area contributed by atoms with Crippen LogP contribution in [0.3, 0.4) is 0 Å². The number of ether oxygens (including phenoxy) is 2. The number of methoxy groups -OCH3 is 1. The van der Waals surface area contributed by atoms with Crippen LogP contribution in [-0.2, 0) is 6.18 Å². The summed E-state index contributed by atoms with van der Waals surface area (Å²) in [5, 5.41) is 3.73. The van der Waals surface area contributed by atoms with E-state index in [1.807, 2.05) is 6.92 Å². The number of aromatic nitrogens is 1. The summed E-state index contributed by atoms with van der Waals surface area (Å²) in [6, 6.07) is 5.97. The van der Waals surface area contributed by atoms with Gasteiger partial charge in [-0.2, -0.15) is 18.3 Å². The minimum atomic E-state index is -4.50. The molecule has 0 aliphatic rings. The van der Waals surface area contributed by atoms with Crippen molar-refractivity contribution in [3.05, 3.63) is 46.6 Å². The van der Waals surface area contributed by atoms with E-state index in [1.165, 1.54) is 13.3 Å². The quantitative estimate of drug-likeness (QED) is 0.593. The van der Waals surface area contributed by atoms with Crippen LogP contribution in [-0.4, -0.2) is 24.9 Å². The Labute approximate surface area is 147 Å². The Morgan fingerprint density at radius 1 is 1.28 bits per heavy atom. The van der Waals surface area contributed by atoms with E-state index in [0.717, 1.165) is 6.07 Å². The number of halogens is 4. The fraction of sp³-hybridized carbons (Fsp3) is 0.250. The van der Waals surface area contributed by atoms with Crippen molar-refractivity contribution in [2.24, 2.45) is 5.10 Å². The Morgan fingerprint density at radius 3 is 2.64 bits per heavy atom. The molecule has 0 fully saturated rings. The highest BCUT2D eigenvalue weighted by Crippen LogP contribution is 2.32. The zero-order chi connectivity index (χ0) is 18.4. The third-order valence-electron chi connectivity index (χ3n) is 3.04. The Balaban J connectivity index is 2.11. The zero-order valence-electron chi connectivity index (χ0n) is 13.4. The van der Waals surface area contributed by atoms with E-state index >= 15 is 0 Å². The van der Waals surface area contributed by atoms with Gasteiger partial charge in [-0.3, -0.25) is 5.43 Å². The van der Waals surface area contributed by atoms with Gasteiger partial charge in [0, 0.05) is 6.20 Å². The summed E-state index contributed by atoms with van der Waals surface area (Å²) in [7, 11) is 1.52. The minimum absolute atomic E-state index is 0.0174. The van der Waals surface area contributed by atoms with Crippen LogP contribution in [0.25, 0.3) is 0 Å². The highest BCUT2D eigenvalue weighted by atomic mass is 35.5. The average molecular weight is 374 g/mol. The number of nitrogens with zero attached hydrogens (tertiary/aromatic N) is 2. The van der Waals surface area contributed by atoms with Crippen molar-refractivity contribution in [2.75, 3.05) is 19.1 Å². The number of anilines is 1. The maximum absolute atomic E-state index is 12.6. The highest BCUT2D eigenvalue weighted by molar-refractivity contribution is 6.32. The van der Waals surface area contributed by atoms with Gasteiger partial charge in [-0.15, -0.1) is 0 Å². The van der Waals surface area contributed by atoms with Crippen LogP contribution in [0.4, 0.5) is 19.0 Å². The molecule has 1 N–H and O–H groups in total. The molecule has 0 bridgehead atoms. The lowest BCUT2D eigenvalue weighted by atomic mass is 10.2. The van der Waals surface area contributed by atoms with Gasteiger partial charge in [0.25, 0.3) is 0 Å². The molecule has 0 atom stereocenters.